The van der Waals surface area contributed by atoms with E-state index in [0.717, 1.165) is 17.5 Å². The second-order valence-corrected chi connectivity index (χ2v) is 8.34. The summed E-state index contributed by atoms with van der Waals surface area (Å²) < 4.78 is 10.8. The summed E-state index contributed by atoms with van der Waals surface area (Å²) >= 11 is 0. The zero-order valence-corrected chi connectivity index (χ0v) is 19.7. The van der Waals surface area contributed by atoms with Gasteiger partial charge in [0.05, 0.1) is 36.3 Å². The molecule has 1 atom stereocenters. The molecule has 2 amide bonds. The second kappa shape index (κ2) is 11.0. The number of carbonyl (C=O) groups is 3. The molecule has 0 aromatic heterocycles. The van der Waals surface area contributed by atoms with Crippen LogP contribution in [-0.2, 0) is 16.1 Å². The Bertz CT molecular complexity index is 1000. The summed E-state index contributed by atoms with van der Waals surface area (Å²) in [7, 11) is 0. The maximum atomic E-state index is 13.3. The topological polar surface area (TPSA) is 84.9 Å². The smallest absolute Gasteiger partial charge is 0.308 e. The zero-order chi connectivity index (χ0) is 24.0. The largest absolute Gasteiger partial charge is 0.491 e. The van der Waals surface area contributed by atoms with Crippen LogP contribution in [0.5, 0.6) is 5.75 Å². The predicted molar refractivity (Wildman–Crippen MR) is 125 cm³/mol. The van der Waals surface area contributed by atoms with Gasteiger partial charge in [-0.15, -0.1) is 0 Å². The van der Waals surface area contributed by atoms with E-state index >= 15 is 0 Å². The molecule has 3 rings (SSSR count). The summed E-state index contributed by atoms with van der Waals surface area (Å²) in [5.41, 5.74) is 2.36. The van der Waals surface area contributed by atoms with Crippen LogP contribution in [0.1, 0.15) is 78.4 Å². The molecule has 1 aliphatic heterocycles. The van der Waals surface area contributed by atoms with Crippen molar-refractivity contribution in [1.82, 2.24) is 10.2 Å². The minimum Gasteiger partial charge on any atom is -0.491 e. The monoisotopic (exact) mass is 452 g/mol. The Hall–Kier alpha value is -3.35. The number of ether oxygens (including phenoxy) is 2. The van der Waals surface area contributed by atoms with Crippen molar-refractivity contribution in [2.45, 2.75) is 59.2 Å². The number of amides is 2. The molecule has 0 saturated carbocycles. The van der Waals surface area contributed by atoms with Crippen LogP contribution >= 0.6 is 0 Å². The SMILES string of the molecule is CCCN1Cc2cccc(C(=O)N[C@H](CC(=O)OCC)c3ccc(OC(C)C)cc3)c2C1=O. The van der Waals surface area contributed by atoms with Crippen molar-refractivity contribution >= 4 is 17.8 Å². The van der Waals surface area contributed by atoms with E-state index in [4.69, 9.17) is 9.47 Å². The molecule has 0 radical (unpaired) electrons. The zero-order valence-electron chi connectivity index (χ0n) is 19.7. The minimum absolute atomic E-state index is 0.0190. The first-order valence-electron chi connectivity index (χ1n) is 11.5. The van der Waals surface area contributed by atoms with Crippen LogP contribution < -0.4 is 10.1 Å². The molecular formula is C26H32N2O5. The fraction of sp³-hybridized carbons (Fsp3) is 0.423. The molecule has 0 aliphatic carbocycles. The van der Waals surface area contributed by atoms with Crippen molar-refractivity contribution < 1.29 is 23.9 Å². The summed E-state index contributed by atoms with van der Waals surface area (Å²) in [6.45, 7) is 9.05. The van der Waals surface area contributed by atoms with Gasteiger partial charge in [-0.05, 0) is 56.5 Å². The van der Waals surface area contributed by atoms with Gasteiger partial charge in [-0.3, -0.25) is 14.4 Å². The highest BCUT2D eigenvalue weighted by molar-refractivity contribution is 6.09. The van der Waals surface area contributed by atoms with E-state index in [9.17, 15) is 14.4 Å². The number of esters is 1. The molecule has 0 unspecified atom stereocenters. The fourth-order valence-electron chi connectivity index (χ4n) is 3.99. The first kappa shape index (κ1) is 24.3. The Kier molecular flexibility index (Phi) is 8.09. The normalized spacial score (nSPS) is 13.6. The number of nitrogens with one attached hydrogen (secondary N) is 1. The van der Waals surface area contributed by atoms with E-state index in [0.29, 0.717) is 30.0 Å². The van der Waals surface area contributed by atoms with Gasteiger partial charge in [0.1, 0.15) is 5.75 Å². The van der Waals surface area contributed by atoms with Crippen LogP contribution in [0.2, 0.25) is 0 Å². The molecular weight excluding hydrogens is 420 g/mol. The quantitative estimate of drug-likeness (QED) is 0.545. The summed E-state index contributed by atoms with van der Waals surface area (Å²) in [4.78, 5) is 40.2. The molecule has 7 heteroatoms. The second-order valence-electron chi connectivity index (χ2n) is 8.34. The summed E-state index contributed by atoms with van der Waals surface area (Å²) in [6, 6.07) is 12.0. The lowest BCUT2D eigenvalue weighted by atomic mass is 10.00. The molecule has 176 valence electrons. The van der Waals surface area contributed by atoms with Gasteiger partial charge in [0.15, 0.2) is 0 Å². The van der Waals surface area contributed by atoms with Gasteiger partial charge in [-0.1, -0.05) is 31.2 Å². The molecule has 2 aromatic rings. The predicted octanol–water partition coefficient (Wildman–Crippen LogP) is 4.26. The lowest BCUT2D eigenvalue weighted by Crippen LogP contribution is -2.32. The lowest BCUT2D eigenvalue weighted by molar-refractivity contribution is -0.143. The molecule has 7 nitrogen and oxygen atoms in total. The molecule has 0 bridgehead atoms. The van der Waals surface area contributed by atoms with Gasteiger partial charge in [-0.2, -0.15) is 0 Å². The lowest BCUT2D eigenvalue weighted by Gasteiger charge is -2.20. The highest BCUT2D eigenvalue weighted by Crippen LogP contribution is 2.28. The van der Waals surface area contributed by atoms with Gasteiger partial charge in [0.2, 0.25) is 0 Å². The first-order chi connectivity index (χ1) is 15.8. The highest BCUT2D eigenvalue weighted by Gasteiger charge is 2.32. The van der Waals surface area contributed by atoms with Gasteiger partial charge < -0.3 is 19.7 Å². The van der Waals surface area contributed by atoms with Gasteiger partial charge in [-0.25, -0.2) is 0 Å². The number of hydrogen-bond donors (Lipinski definition) is 1. The van der Waals surface area contributed by atoms with E-state index in [1.54, 1.807) is 24.0 Å². The van der Waals surface area contributed by atoms with Crippen LogP contribution in [0, 0.1) is 0 Å². The Morgan fingerprint density at radius 1 is 1.09 bits per heavy atom. The van der Waals surface area contributed by atoms with Crippen LogP contribution in [0.4, 0.5) is 0 Å². The van der Waals surface area contributed by atoms with Crippen molar-refractivity contribution in [3.8, 4) is 5.75 Å². The van der Waals surface area contributed by atoms with Crippen molar-refractivity contribution in [1.29, 1.82) is 0 Å². The summed E-state index contributed by atoms with van der Waals surface area (Å²) in [5.74, 6) is -0.226. The van der Waals surface area contributed by atoms with Gasteiger partial charge in [0, 0.05) is 13.1 Å². The van der Waals surface area contributed by atoms with Crippen molar-refractivity contribution in [3.05, 3.63) is 64.7 Å². The van der Waals surface area contributed by atoms with Crippen LogP contribution in [0.3, 0.4) is 0 Å². The van der Waals surface area contributed by atoms with Crippen molar-refractivity contribution in [2.75, 3.05) is 13.2 Å². The van der Waals surface area contributed by atoms with Crippen molar-refractivity contribution in [3.63, 3.8) is 0 Å². The minimum atomic E-state index is -0.608. The number of fused-ring (bicyclic) bond motifs is 1. The molecule has 1 aliphatic rings. The maximum absolute atomic E-state index is 13.3. The third kappa shape index (κ3) is 5.92. The molecule has 0 fully saturated rings. The Labute approximate surface area is 195 Å². The average Bonchev–Trinajstić information content (AvgIpc) is 3.09. The number of rotatable bonds is 10. The molecule has 2 aromatic carbocycles. The number of nitrogens with zero attached hydrogens (tertiary/aromatic N) is 1. The van der Waals surface area contributed by atoms with E-state index < -0.39 is 17.9 Å². The first-order valence-corrected chi connectivity index (χ1v) is 11.5. The van der Waals surface area contributed by atoms with Gasteiger partial charge in [0.25, 0.3) is 11.8 Å². The van der Waals surface area contributed by atoms with Crippen LogP contribution in [0.25, 0.3) is 0 Å². The molecule has 0 spiro atoms. The maximum Gasteiger partial charge on any atom is 0.308 e. The molecule has 1 heterocycles. The third-order valence-electron chi connectivity index (χ3n) is 5.39. The van der Waals surface area contributed by atoms with E-state index in [-0.39, 0.29) is 25.0 Å². The number of benzene rings is 2. The summed E-state index contributed by atoms with van der Waals surface area (Å²) in [5, 5.41) is 2.94. The molecule has 0 saturated heterocycles. The summed E-state index contributed by atoms with van der Waals surface area (Å²) in [6.07, 6.45) is 0.866. The molecule has 33 heavy (non-hydrogen) atoms. The Morgan fingerprint density at radius 3 is 2.45 bits per heavy atom. The van der Waals surface area contributed by atoms with E-state index in [1.165, 1.54) is 0 Å². The number of hydrogen-bond acceptors (Lipinski definition) is 5. The van der Waals surface area contributed by atoms with Crippen LogP contribution in [-0.4, -0.2) is 41.9 Å². The van der Waals surface area contributed by atoms with E-state index in [1.807, 2.05) is 51.1 Å². The average molecular weight is 453 g/mol. The van der Waals surface area contributed by atoms with Gasteiger partial charge >= 0.3 is 5.97 Å². The highest BCUT2D eigenvalue weighted by atomic mass is 16.5. The van der Waals surface area contributed by atoms with Crippen LogP contribution in [0.15, 0.2) is 42.5 Å². The van der Waals surface area contributed by atoms with E-state index in [2.05, 4.69) is 5.32 Å². The third-order valence-corrected chi connectivity index (χ3v) is 5.39. The molecule has 1 N–H and O–H groups in total. The van der Waals surface area contributed by atoms with Crippen molar-refractivity contribution in [2.24, 2.45) is 0 Å². The number of carbonyl (C=O) groups excluding carboxylic acids is 3. The standard InChI is InChI=1S/C26H32N2O5/c1-5-14-28-16-19-8-7-9-21(24(19)26(28)31)25(30)27-22(15-23(29)32-6-2)18-10-12-20(13-11-18)33-17(3)4/h7-13,17,22H,5-6,14-16H2,1-4H3,(H,27,30)/t22-/m1/s1. The fourth-order valence-corrected chi connectivity index (χ4v) is 3.99. The Balaban J connectivity index is 1.85. The Morgan fingerprint density at radius 2 is 1.82 bits per heavy atom.